The van der Waals surface area contributed by atoms with E-state index in [0.29, 0.717) is 0 Å². The highest BCUT2D eigenvalue weighted by molar-refractivity contribution is 8.02. The largest absolute Gasteiger partial charge is 0.395 e. The molecule has 0 aromatic heterocycles. The van der Waals surface area contributed by atoms with Crippen LogP contribution in [0.1, 0.15) is 6.92 Å². The van der Waals surface area contributed by atoms with E-state index in [1.54, 1.807) is 14.0 Å². The number of thioether (sulfide) groups is 1. The fourth-order valence-corrected chi connectivity index (χ4v) is 3.28. The second-order valence-corrected chi connectivity index (χ2v) is 5.91. The van der Waals surface area contributed by atoms with Crippen LogP contribution < -0.4 is 10.2 Å². The van der Waals surface area contributed by atoms with Crippen molar-refractivity contribution in [3.63, 3.8) is 0 Å². The maximum absolute atomic E-state index is 12.4. The van der Waals surface area contributed by atoms with Crippen molar-refractivity contribution in [1.82, 2.24) is 5.32 Å². The molecule has 1 heterocycles. The number of aliphatic hydroxyl groups is 1. The van der Waals surface area contributed by atoms with E-state index in [2.05, 4.69) is 5.32 Å². The Morgan fingerprint density at radius 1 is 1.47 bits per heavy atom. The molecule has 0 spiro atoms. The van der Waals surface area contributed by atoms with Gasteiger partial charge in [0, 0.05) is 18.5 Å². The predicted octanol–water partition coefficient (Wildman–Crippen LogP) is 0.622. The number of rotatable bonds is 3. The average Bonchev–Trinajstić information content (AvgIpc) is 2.42. The summed E-state index contributed by atoms with van der Waals surface area (Å²) in [7, 11) is 1.67. The van der Waals surface area contributed by atoms with Crippen molar-refractivity contribution < 1.29 is 14.7 Å². The monoisotopic (exact) mass is 280 g/mol. The molecule has 0 saturated heterocycles. The summed E-state index contributed by atoms with van der Waals surface area (Å²) in [4.78, 5) is 26.9. The normalized spacial score (nSPS) is 22.1. The zero-order valence-corrected chi connectivity index (χ0v) is 11.7. The number of para-hydroxylation sites is 1. The van der Waals surface area contributed by atoms with Gasteiger partial charge in [-0.3, -0.25) is 9.59 Å². The first-order chi connectivity index (χ1) is 9.00. The molecule has 0 fully saturated rings. The highest BCUT2D eigenvalue weighted by Gasteiger charge is 2.47. The van der Waals surface area contributed by atoms with E-state index in [1.807, 2.05) is 24.3 Å². The Morgan fingerprint density at radius 2 is 2.16 bits per heavy atom. The van der Waals surface area contributed by atoms with E-state index < -0.39 is 4.75 Å². The van der Waals surface area contributed by atoms with Crippen molar-refractivity contribution in [1.29, 1.82) is 0 Å². The van der Waals surface area contributed by atoms with Gasteiger partial charge in [0.2, 0.25) is 5.91 Å². The molecule has 6 heteroatoms. The third-order valence-corrected chi connectivity index (χ3v) is 4.42. The van der Waals surface area contributed by atoms with Crippen LogP contribution in [0.5, 0.6) is 0 Å². The second kappa shape index (κ2) is 5.22. The average molecular weight is 280 g/mol. The summed E-state index contributed by atoms with van der Waals surface area (Å²) >= 11 is 1.24. The summed E-state index contributed by atoms with van der Waals surface area (Å²) in [5.74, 6) is -0.635. The molecule has 0 radical (unpaired) electrons. The summed E-state index contributed by atoms with van der Waals surface area (Å²) in [6.45, 7) is 1.61. The van der Waals surface area contributed by atoms with Crippen LogP contribution in [-0.2, 0) is 9.59 Å². The minimum Gasteiger partial charge on any atom is -0.395 e. The van der Waals surface area contributed by atoms with E-state index in [-0.39, 0.29) is 25.0 Å². The van der Waals surface area contributed by atoms with Crippen LogP contribution in [0, 0.1) is 0 Å². The molecule has 5 nitrogen and oxygen atoms in total. The van der Waals surface area contributed by atoms with E-state index >= 15 is 0 Å². The minimum atomic E-state index is -1.20. The lowest BCUT2D eigenvalue weighted by Crippen LogP contribution is -2.55. The molecule has 2 amide bonds. The van der Waals surface area contributed by atoms with E-state index in [1.165, 1.54) is 16.7 Å². The zero-order chi connectivity index (χ0) is 14.0. The number of aliphatic hydroxyl groups excluding tert-OH is 1. The number of carbonyl (C=O) groups excluding carboxylic acids is 2. The minimum absolute atomic E-state index is 0.146. The third kappa shape index (κ3) is 2.33. The van der Waals surface area contributed by atoms with E-state index in [9.17, 15) is 9.59 Å². The van der Waals surface area contributed by atoms with Crippen molar-refractivity contribution in [2.45, 2.75) is 16.6 Å². The molecule has 2 rings (SSSR count). The van der Waals surface area contributed by atoms with Gasteiger partial charge in [0.1, 0.15) is 0 Å². The number of nitrogens with one attached hydrogen (secondary N) is 1. The quantitative estimate of drug-likeness (QED) is 0.797. The lowest BCUT2D eigenvalue weighted by atomic mass is 10.1. The summed E-state index contributed by atoms with van der Waals surface area (Å²) in [5.41, 5.74) is 0.810. The van der Waals surface area contributed by atoms with Crippen LogP contribution >= 0.6 is 11.8 Å². The molecular weight excluding hydrogens is 264 g/mol. The lowest BCUT2D eigenvalue weighted by molar-refractivity contribution is -0.131. The Bertz CT molecular complexity index is 520. The summed E-state index contributed by atoms with van der Waals surface area (Å²) < 4.78 is -1.20. The Balaban J connectivity index is 2.34. The maximum Gasteiger partial charge on any atom is 0.252 e. The number of hydrogen-bond donors (Lipinski definition) is 2. The van der Waals surface area contributed by atoms with Gasteiger partial charge >= 0.3 is 0 Å². The van der Waals surface area contributed by atoms with Crippen LogP contribution in [0.25, 0.3) is 0 Å². The van der Waals surface area contributed by atoms with Gasteiger partial charge in [0.15, 0.2) is 4.75 Å². The van der Waals surface area contributed by atoms with Gasteiger partial charge in [-0.25, -0.2) is 0 Å². The molecule has 0 unspecified atom stereocenters. The SMILES string of the molecule is CN1C(=O)[C@@](C)(C(=O)NCCO)Sc2ccccc21. The Hall–Kier alpha value is -1.53. The maximum atomic E-state index is 12.4. The number of amides is 2. The first kappa shape index (κ1) is 13.9. The van der Waals surface area contributed by atoms with Crippen LogP contribution in [0.4, 0.5) is 5.69 Å². The van der Waals surface area contributed by atoms with Crippen molar-refractivity contribution in [3.8, 4) is 0 Å². The third-order valence-electron chi connectivity index (χ3n) is 3.08. The molecule has 1 aromatic carbocycles. The molecule has 0 bridgehead atoms. The molecule has 0 aliphatic carbocycles. The number of anilines is 1. The van der Waals surface area contributed by atoms with Gasteiger partial charge in [-0.2, -0.15) is 0 Å². The molecule has 1 atom stereocenters. The number of fused-ring (bicyclic) bond motifs is 1. The number of carbonyl (C=O) groups is 2. The molecule has 1 aliphatic rings. The lowest BCUT2D eigenvalue weighted by Gasteiger charge is -2.36. The van der Waals surface area contributed by atoms with Gasteiger partial charge in [0.05, 0.1) is 12.3 Å². The number of hydrogen-bond acceptors (Lipinski definition) is 4. The van der Waals surface area contributed by atoms with Crippen LogP contribution in [0.2, 0.25) is 0 Å². The van der Waals surface area contributed by atoms with Crippen molar-refractivity contribution in [2.75, 3.05) is 25.1 Å². The standard InChI is InChI=1S/C13H16N2O3S/c1-13(11(17)14-7-8-16)12(18)15(2)9-5-3-4-6-10(9)19-13/h3-6,16H,7-8H2,1-2H3,(H,14,17)/t13-/m1/s1. The van der Waals surface area contributed by atoms with Gasteiger partial charge in [-0.15, -0.1) is 0 Å². The smallest absolute Gasteiger partial charge is 0.252 e. The van der Waals surface area contributed by atoms with Crippen molar-refractivity contribution in [2.24, 2.45) is 0 Å². The van der Waals surface area contributed by atoms with Gasteiger partial charge < -0.3 is 15.3 Å². The van der Waals surface area contributed by atoms with Gasteiger partial charge in [0.25, 0.3) is 5.91 Å². The van der Waals surface area contributed by atoms with E-state index in [0.717, 1.165) is 10.6 Å². The first-order valence-electron chi connectivity index (χ1n) is 5.96. The Kier molecular flexibility index (Phi) is 3.82. The highest BCUT2D eigenvalue weighted by Crippen LogP contribution is 2.44. The molecule has 19 heavy (non-hydrogen) atoms. The highest BCUT2D eigenvalue weighted by atomic mass is 32.2. The molecular formula is C13H16N2O3S. The topological polar surface area (TPSA) is 69.6 Å². The fraction of sp³-hybridized carbons (Fsp3) is 0.385. The molecule has 1 aliphatic heterocycles. The number of benzene rings is 1. The van der Waals surface area contributed by atoms with Gasteiger partial charge in [-0.05, 0) is 19.1 Å². The van der Waals surface area contributed by atoms with Crippen LogP contribution in [0.3, 0.4) is 0 Å². The van der Waals surface area contributed by atoms with Crippen LogP contribution in [0.15, 0.2) is 29.2 Å². The summed E-state index contributed by atoms with van der Waals surface area (Å²) in [6, 6.07) is 7.48. The van der Waals surface area contributed by atoms with Crippen molar-refractivity contribution >= 4 is 29.3 Å². The molecule has 0 saturated carbocycles. The molecule has 1 aromatic rings. The Morgan fingerprint density at radius 3 is 2.84 bits per heavy atom. The summed E-state index contributed by atoms with van der Waals surface area (Å²) in [6.07, 6.45) is 0. The number of nitrogens with zero attached hydrogens (tertiary/aromatic N) is 1. The predicted molar refractivity (Wildman–Crippen MR) is 74.2 cm³/mol. The van der Waals surface area contributed by atoms with Crippen molar-refractivity contribution in [3.05, 3.63) is 24.3 Å². The van der Waals surface area contributed by atoms with E-state index in [4.69, 9.17) is 5.11 Å². The second-order valence-electron chi connectivity index (χ2n) is 4.45. The Labute approximate surface area is 116 Å². The first-order valence-corrected chi connectivity index (χ1v) is 6.77. The molecule has 102 valence electrons. The zero-order valence-electron chi connectivity index (χ0n) is 10.8. The fourth-order valence-electron chi connectivity index (χ4n) is 2.00. The summed E-state index contributed by atoms with van der Waals surface area (Å²) in [5, 5.41) is 11.3. The van der Waals surface area contributed by atoms with Crippen LogP contribution in [-0.4, -0.2) is 41.9 Å². The molecule has 2 N–H and O–H groups in total. The van der Waals surface area contributed by atoms with Gasteiger partial charge in [-0.1, -0.05) is 23.9 Å².